The summed E-state index contributed by atoms with van der Waals surface area (Å²) < 4.78 is -0.443. The molecule has 0 radical (unpaired) electrons. The van der Waals surface area contributed by atoms with Crippen molar-refractivity contribution in [1.82, 2.24) is 0 Å². The van der Waals surface area contributed by atoms with Crippen LogP contribution in [0.1, 0.15) is 5.56 Å². The number of halogens is 1. The first-order valence-corrected chi connectivity index (χ1v) is 12.9. The van der Waals surface area contributed by atoms with Crippen LogP contribution in [0.15, 0.2) is 115 Å². The third kappa shape index (κ3) is 5.54. The van der Waals surface area contributed by atoms with Gasteiger partial charge in [-0.25, -0.2) is 0 Å². The van der Waals surface area contributed by atoms with Crippen molar-refractivity contribution in [2.45, 2.75) is 4.36 Å². The van der Waals surface area contributed by atoms with E-state index in [4.69, 9.17) is 11.6 Å². The molecule has 0 aromatic heterocycles. The Bertz CT molecular complexity index is 996. The summed E-state index contributed by atoms with van der Waals surface area (Å²) in [6.07, 6.45) is 0. The van der Waals surface area contributed by atoms with Crippen molar-refractivity contribution in [2.75, 3.05) is 0 Å². The molecule has 0 N–H and O–H groups in total. The summed E-state index contributed by atoms with van der Waals surface area (Å²) in [5.41, 5.74) is 1.26. The Labute approximate surface area is 183 Å². The van der Waals surface area contributed by atoms with E-state index in [0.29, 0.717) is 25.7 Å². The van der Waals surface area contributed by atoms with Gasteiger partial charge >= 0.3 is 0 Å². The third-order valence-corrected chi connectivity index (χ3v) is 9.85. The fourth-order valence-corrected chi connectivity index (χ4v) is 8.92. The highest BCUT2D eigenvalue weighted by Gasteiger charge is 2.32. The van der Waals surface area contributed by atoms with Gasteiger partial charge in [-0.2, -0.15) is 0 Å². The van der Waals surface area contributed by atoms with Crippen LogP contribution >= 0.6 is 37.3 Å². The van der Waals surface area contributed by atoms with Gasteiger partial charge < -0.3 is 0 Å². The first kappa shape index (κ1) is 20.7. The molecule has 0 aliphatic heterocycles. The molecule has 4 rings (SSSR count). The minimum atomic E-state index is -0.443. The standard InChI is InChI=1S/C25H22ClP3/c26-25(28-21-14-6-2-7-15-21,29-22-16-8-3-9-17-22)23-18-10-11-19-24(23)27-20-12-4-1-5-13-20/h1-19,27-29H. The number of hydrogen-bond acceptors (Lipinski definition) is 0. The fourth-order valence-electron chi connectivity index (χ4n) is 3.18. The first-order chi connectivity index (χ1) is 14.2. The van der Waals surface area contributed by atoms with Gasteiger partial charge in [-0.15, -0.1) is 11.6 Å². The van der Waals surface area contributed by atoms with Gasteiger partial charge in [-0.3, -0.25) is 0 Å². The average Bonchev–Trinajstić information content (AvgIpc) is 2.76. The topological polar surface area (TPSA) is 0 Å². The second-order valence-corrected chi connectivity index (χ2v) is 12.9. The van der Waals surface area contributed by atoms with Crippen LogP contribution in [-0.4, -0.2) is 0 Å². The maximum absolute atomic E-state index is 7.53. The summed E-state index contributed by atoms with van der Waals surface area (Å²) in [5.74, 6) is 0. The summed E-state index contributed by atoms with van der Waals surface area (Å²) in [6, 6.07) is 40.7. The summed E-state index contributed by atoms with van der Waals surface area (Å²) in [6.45, 7) is 0. The van der Waals surface area contributed by atoms with Gasteiger partial charge in [-0.1, -0.05) is 141 Å². The molecule has 4 aromatic rings. The molecule has 0 aliphatic rings. The van der Waals surface area contributed by atoms with Gasteiger partial charge in [-0.05, 0) is 26.8 Å². The second kappa shape index (κ2) is 9.98. The summed E-state index contributed by atoms with van der Waals surface area (Å²) >= 11 is 7.53. The molecule has 0 amide bonds. The molecule has 4 heteroatoms. The zero-order valence-corrected chi connectivity index (χ0v) is 19.6. The van der Waals surface area contributed by atoms with E-state index in [2.05, 4.69) is 115 Å². The molecule has 0 bridgehead atoms. The Morgan fingerprint density at radius 2 is 0.897 bits per heavy atom. The second-order valence-electron chi connectivity index (χ2n) is 6.68. The predicted octanol–water partition coefficient (Wildman–Crippen LogP) is 5.67. The molecule has 0 saturated carbocycles. The molecule has 3 atom stereocenters. The Kier molecular flexibility index (Phi) is 7.13. The highest BCUT2D eigenvalue weighted by molar-refractivity contribution is 7.69. The van der Waals surface area contributed by atoms with E-state index >= 15 is 0 Å². The Hall–Kier alpha value is -1.54. The highest BCUT2D eigenvalue weighted by Crippen LogP contribution is 2.57. The van der Waals surface area contributed by atoms with Gasteiger partial charge in [0.15, 0.2) is 0 Å². The molecule has 0 saturated heterocycles. The summed E-state index contributed by atoms with van der Waals surface area (Å²) in [4.78, 5) is 0. The van der Waals surface area contributed by atoms with Crippen molar-refractivity contribution in [1.29, 1.82) is 0 Å². The van der Waals surface area contributed by atoms with Crippen LogP contribution in [0.5, 0.6) is 0 Å². The lowest BCUT2D eigenvalue weighted by molar-refractivity contribution is 1.29. The first-order valence-electron chi connectivity index (χ1n) is 9.50. The molecule has 0 spiro atoms. The smallest absolute Gasteiger partial charge is 0.104 e. The molecule has 0 nitrogen and oxygen atoms in total. The third-order valence-electron chi connectivity index (χ3n) is 4.53. The van der Waals surface area contributed by atoms with Crippen molar-refractivity contribution in [2.24, 2.45) is 0 Å². The van der Waals surface area contributed by atoms with E-state index in [9.17, 15) is 0 Å². The Morgan fingerprint density at radius 1 is 0.483 bits per heavy atom. The van der Waals surface area contributed by atoms with Crippen molar-refractivity contribution in [3.8, 4) is 0 Å². The van der Waals surface area contributed by atoms with Gasteiger partial charge in [0, 0.05) is 0 Å². The number of hydrogen-bond donors (Lipinski definition) is 0. The van der Waals surface area contributed by atoms with E-state index in [-0.39, 0.29) is 0 Å². The molecular weight excluding hydrogens is 429 g/mol. The molecule has 29 heavy (non-hydrogen) atoms. The zero-order chi connectivity index (χ0) is 19.9. The minimum Gasteiger partial charge on any atom is -0.104 e. The normalized spacial score (nSPS) is 14.2. The molecule has 0 aliphatic carbocycles. The van der Waals surface area contributed by atoms with Gasteiger partial charge in [0.2, 0.25) is 0 Å². The summed E-state index contributed by atoms with van der Waals surface area (Å²) in [7, 11) is 1.58. The lowest BCUT2D eigenvalue weighted by atomic mass is 10.2. The molecule has 0 heterocycles. The van der Waals surface area contributed by atoms with Crippen molar-refractivity contribution < 1.29 is 0 Å². The Balaban J connectivity index is 1.74. The fraction of sp³-hybridized carbons (Fsp3) is 0.0400. The Morgan fingerprint density at radius 3 is 1.41 bits per heavy atom. The van der Waals surface area contributed by atoms with Crippen LogP contribution in [0.4, 0.5) is 0 Å². The van der Waals surface area contributed by atoms with E-state index in [0.717, 1.165) is 0 Å². The summed E-state index contributed by atoms with van der Waals surface area (Å²) in [5, 5.41) is 5.26. The van der Waals surface area contributed by atoms with E-state index in [1.54, 1.807) is 0 Å². The van der Waals surface area contributed by atoms with Crippen molar-refractivity contribution >= 4 is 58.6 Å². The highest BCUT2D eigenvalue weighted by atomic mass is 35.5. The van der Waals surface area contributed by atoms with Crippen LogP contribution in [0.25, 0.3) is 0 Å². The number of alkyl halides is 1. The van der Waals surface area contributed by atoms with Crippen LogP contribution in [0, 0.1) is 0 Å². The maximum atomic E-state index is 7.53. The SMILES string of the molecule is ClC(Pc1ccccc1)(Pc1ccccc1)c1ccccc1Pc1ccccc1. The zero-order valence-electron chi connectivity index (χ0n) is 15.8. The number of rotatable bonds is 7. The van der Waals surface area contributed by atoms with Crippen molar-refractivity contribution in [3.05, 3.63) is 121 Å². The molecule has 0 fully saturated rings. The van der Waals surface area contributed by atoms with Crippen LogP contribution in [0.3, 0.4) is 0 Å². The monoisotopic (exact) mass is 450 g/mol. The minimum absolute atomic E-state index is 0.443. The van der Waals surface area contributed by atoms with Gasteiger partial charge in [0.25, 0.3) is 0 Å². The molecule has 4 aromatic carbocycles. The largest absolute Gasteiger partial charge is 0.111 e. The maximum Gasteiger partial charge on any atom is 0.111 e. The van der Waals surface area contributed by atoms with E-state index < -0.39 is 4.36 Å². The molecular formula is C25H22ClP3. The quantitative estimate of drug-likeness (QED) is 0.251. The van der Waals surface area contributed by atoms with Crippen LogP contribution < -0.4 is 21.2 Å². The van der Waals surface area contributed by atoms with Crippen LogP contribution in [-0.2, 0) is 4.36 Å². The lowest BCUT2D eigenvalue weighted by Crippen LogP contribution is -2.21. The lowest BCUT2D eigenvalue weighted by Gasteiger charge is -2.30. The van der Waals surface area contributed by atoms with Gasteiger partial charge in [0.05, 0.1) is 0 Å². The molecule has 3 unspecified atom stereocenters. The predicted molar refractivity (Wildman–Crippen MR) is 137 cm³/mol. The van der Waals surface area contributed by atoms with E-state index in [1.165, 1.54) is 26.8 Å². The van der Waals surface area contributed by atoms with Crippen LogP contribution in [0.2, 0.25) is 0 Å². The molecule has 144 valence electrons. The van der Waals surface area contributed by atoms with Crippen molar-refractivity contribution in [3.63, 3.8) is 0 Å². The van der Waals surface area contributed by atoms with Gasteiger partial charge in [0.1, 0.15) is 4.36 Å². The van der Waals surface area contributed by atoms with E-state index in [1.807, 2.05) is 0 Å². The average molecular weight is 451 g/mol. The number of benzene rings is 4.